The van der Waals surface area contributed by atoms with E-state index in [0.29, 0.717) is 17.5 Å². The second-order valence-corrected chi connectivity index (χ2v) is 14.6. The lowest BCUT2D eigenvalue weighted by atomic mass is 9.94. The Bertz CT molecular complexity index is 3200. The van der Waals surface area contributed by atoms with Gasteiger partial charge in [-0.05, 0) is 63.9 Å². The minimum Gasteiger partial charge on any atom is -0.455 e. The molecule has 5 heteroatoms. The highest BCUT2D eigenvalue weighted by Gasteiger charge is 2.23. The summed E-state index contributed by atoms with van der Waals surface area (Å²) in [5, 5.41) is 6.78. The summed E-state index contributed by atoms with van der Waals surface area (Å²) in [5.41, 5.74) is 8.87. The summed E-state index contributed by atoms with van der Waals surface area (Å²) in [6.07, 6.45) is 0. The van der Waals surface area contributed by atoms with Crippen molar-refractivity contribution in [2.24, 2.45) is 0 Å². The van der Waals surface area contributed by atoms with E-state index in [9.17, 15) is 0 Å². The summed E-state index contributed by atoms with van der Waals surface area (Å²) in [6, 6.07) is 61.4. The lowest BCUT2D eigenvalue weighted by Crippen LogP contribution is -2.00. The van der Waals surface area contributed by atoms with Crippen molar-refractivity contribution in [3.05, 3.63) is 176 Å². The van der Waals surface area contributed by atoms with Crippen molar-refractivity contribution in [2.45, 2.75) is 0 Å². The van der Waals surface area contributed by atoms with Gasteiger partial charge in [0.05, 0.1) is 0 Å². The monoisotopic (exact) mass is 707 g/mol. The third kappa shape index (κ3) is 5.01. The van der Waals surface area contributed by atoms with E-state index in [4.69, 9.17) is 19.4 Å². The van der Waals surface area contributed by atoms with Crippen LogP contribution in [0.2, 0.25) is 0 Å². The van der Waals surface area contributed by atoms with Crippen LogP contribution in [0.15, 0.2) is 180 Å². The summed E-state index contributed by atoms with van der Waals surface area (Å²) in [7, 11) is 0. The Labute approximate surface area is 314 Å². The molecule has 54 heavy (non-hydrogen) atoms. The van der Waals surface area contributed by atoms with Crippen LogP contribution in [0.25, 0.3) is 109 Å². The number of hydrogen-bond acceptors (Lipinski definition) is 5. The fourth-order valence-electron chi connectivity index (χ4n) is 7.75. The van der Waals surface area contributed by atoms with Gasteiger partial charge in [-0.15, -0.1) is 11.3 Å². The summed E-state index contributed by atoms with van der Waals surface area (Å²) in [5.74, 6) is 1.83. The van der Waals surface area contributed by atoms with E-state index in [1.165, 1.54) is 25.7 Å². The first kappa shape index (κ1) is 30.7. The number of thiophene rings is 1. The Kier molecular flexibility index (Phi) is 7.00. The molecule has 0 aliphatic heterocycles. The van der Waals surface area contributed by atoms with Gasteiger partial charge >= 0.3 is 0 Å². The highest BCUT2D eigenvalue weighted by molar-refractivity contribution is 7.25. The van der Waals surface area contributed by atoms with Gasteiger partial charge in [0.15, 0.2) is 17.5 Å². The zero-order valence-corrected chi connectivity index (χ0v) is 29.7. The minimum absolute atomic E-state index is 0.595. The second kappa shape index (κ2) is 12.3. The molecule has 11 aromatic rings. The molecule has 3 heterocycles. The Morgan fingerprint density at radius 2 is 0.944 bits per heavy atom. The lowest BCUT2D eigenvalue weighted by molar-refractivity contribution is 0.670. The van der Waals surface area contributed by atoms with E-state index in [1.807, 2.05) is 47.7 Å². The van der Waals surface area contributed by atoms with Crippen molar-refractivity contribution in [3.8, 4) is 56.4 Å². The Balaban J connectivity index is 1.18. The van der Waals surface area contributed by atoms with Gasteiger partial charge in [-0.1, -0.05) is 140 Å². The molecule has 0 aliphatic rings. The highest BCUT2D eigenvalue weighted by atomic mass is 32.1. The van der Waals surface area contributed by atoms with E-state index >= 15 is 0 Å². The molecule has 3 aromatic heterocycles. The first-order valence-corrected chi connectivity index (χ1v) is 18.8. The molecule has 0 bridgehead atoms. The molecule has 0 spiro atoms. The molecular formula is C49H29N3OS. The average molecular weight is 708 g/mol. The summed E-state index contributed by atoms with van der Waals surface area (Å²) in [4.78, 5) is 15.5. The van der Waals surface area contributed by atoms with E-state index < -0.39 is 0 Å². The Hall–Kier alpha value is -6.95. The standard InChI is InChI=1S/C49H29N3OS/c1-3-12-30(13-4-1)31-22-24-33(25-23-31)48-50-47(32-14-5-2-6-15-32)51-49(52-48)39-27-26-37(36-19-11-21-43-44(36)38-18-9-10-20-42(38)54-43)46-45(39)40-28-34-16-7-8-17-35(34)29-41(40)53-46/h1-29H. The lowest BCUT2D eigenvalue weighted by Gasteiger charge is -2.12. The van der Waals surface area contributed by atoms with Gasteiger partial charge in [0.25, 0.3) is 0 Å². The first-order valence-electron chi connectivity index (χ1n) is 18.0. The second-order valence-electron chi connectivity index (χ2n) is 13.6. The molecule has 8 aromatic carbocycles. The molecule has 252 valence electrons. The fourth-order valence-corrected chi connectivity index (χ4v) is 8.88. The van der Waals surface area contributed by atoms with Gasteiger partial charge in [-0.2, -0.15) is 0 Å². The average Bonchev–Trinajstić information content (AvgIpc) is 3.82. The third-order valence-electron chi connectivity index (χ3n) is 10.3. The quantitative estimate of drug-likeness (QED) is 0.179. The SMILES string of the molecule is c1ccc(-c2ccc(-c3nc(-c4ccccc4)nc(-c4ccc(-c5cccc6sc7ccccc7c56)c5oc6cc7ccccc7cc6c45)n3)cc2)cc1. The molecule has 0 unspecified atom stereocenters. The van der Waals surface area contributed by atoms with E-state index in [1.54, 1.807) is 0 Å². The van der Waals surface area contributed by atoms with E-state index in [-0.39, 0.29) is 0 Å². The van der Waals surface area contributed by atoms with Gasteiger partial charge in [0.2, 0.25) is 0 Å². The van der Waals surface area contributed by atoms with Crippen molar-refractivity contribution in [1.29, 1.82) is 0 Å². The maximum absolute atomic E-state index is 6.96. The highest BCUT2D eigenvalue weighted by Crippen LogP contribution is 2.46. The van der Waals surface area contributed by atoms with Gasteiger partial charge in [0, 0.05) is 53.2 Å². The molecule has 0 N–H and O–H groups in total. The number of furan rings is 1. The summed E-state index contributed by atoms with van der Waals surface area (Å²) >= 11 is 1.82. The molecule has 0 fully saturated rings. The number of aromatic nitrogens is 3. The first-order chi connectivity index (χ1) is 26.7. The molecule has 0 aliphatic carbocycles. The molecule has 4 nitrogen and oxygen atoms in total. The van der Waals surface area contributed by atoms with Gasteiger partial charge in [0.1, 0.15) is 11.2 Å². The maximum atomic E-state index is 6.96. The van der Waals surface area contributed by atoms with E-state index in [0.717, 1.165) is 66.1 Å². The minimum atomic E-state index is 0.595. The molecule has 0 saturated heterocycles. The van der Waals surface area contributed by atoms with Crippen LogP contribution in [0, 0.1) is 0 Å². The molecular weight excluding hydrogens is 679 g/mol. The molecule has 11 rings (SSSR count). The Morgan fingerprint density at radius 1 is 0.370 bits per heavy atom. The molecule has 0 saturated carbocycles. The van der Waals surface area contributed by atoms with Crippen LogP contribution in [0.5, 0.6) is 0 Å². The summed E-state index contributed by atoms with van der Waals surface area (Å²) in [6.45, 7) is 0. The van der Waals surface area contributed by atoms with Crippen molar-refractivity contribution < 1.29 is 4.42 Å². The van der Waals surface area contributed by atoms with Gasteiger partial charge in [-0.3, -0.25) is 0 Å². The van der Waals surface area contributed by atoms with Crippen LogP contribution < -0.4 is 0 Å². The largest absolute Gasteiger partial charge is 0.455 e. The zero-order valence-electron chi connectivity index (χ0n) is 28.9. The zero-order chi connectivity index (χ0) is 35.6. The summed E-state index contributed by atoms with van der Waals surface area (Å²) < 4.78 is 9.48. The van der Waals surface area contributed by atoms with Crippen molar-refractivity contribution in [1.82, 2.24) is 15.0 Å². The number of nitrogens with zero attached hydrogens (tertiary/aromatic N) is 3. The molecule has 0 radical (unpaired) electrons. The van der Waals surface area contributed by atoms with Gasteiger partial charge in [-0.25, -0.2) is 15.0 Å². The van der Waals surface area contributed by atoms with E-state index in [2.05, 4.69) is 140 Å². The van der Waals surface area contributed by atoms with Crippen LogP contribution >= 0.6 is 11.3 Å². The number of hydrogen-bond donors (Lipinski definition) is 0. The van der Waals surface area contributed by atoms with Crippen molar-refractivity contribution in [2.75, 3.05) is 0 Å². The van der Waals surface area contributed by atoms with Crippen LogP contribution in [0.1, 0.15) is 0 Å². The van der Waals surface area contributed by atoms with Gasteiger partial charge < -0.3 is 4.42 Å². The maximum Gasteiger partial charge on any atom is 0.164 e. The van der Waals surface area contributed by atoms with Crippen molar-refractivity contribution in [3.63, 3.8) is 0 Å². The predicted molar refractivity (Wildman–Crippen MR) is 225 cm³/mol. The fraction of sp³-hybridized carbons (Fsp3) is 0. The number of fused-ring (bicyclic) bond motifs is 7. The third-order valence-corrected chi connectivity index (χ3v) is 11.5. The number of benzene rings is 8. The number of rotatable bonds is 5. The van der Waals surface area contributed by atoms with Crippen LogP contribution in [0.3, 0.4) is 0 Å². The topological polar surface area (TPSA) is 51.8 Å². The Morgan fingerprint density at radius 3 is 1.72 bits per heavy atom. The normalized spacial score (nSPS) is 11.7. The predicted octanol–water partition coefficient (Wildman–Crippen LogP) is 13.6. The molecule has 0 amide bonds. The van der Waals surface area contributed by atoms with Crippen LogP contribution in [-0.4, -0.2) is 15.0 Å². The van der Waals surface area contributed by atoms with Crippen LogP contribution in [0.4, 0.5) is 0 Å². The molecule has 0 atom stereocenters. The smallest absolute Gasteiger partial charge is 0.164 e. The van der Waals surface area contributed by atoms with Crippen LogP contribution in [-0.2, 0) is 0 Å². The van der Waals surface area contributed by atoms with Crippen molar-refractivity contribution >= 4 is 64.2 Å².